The van der Waals surface area contributed by atoms with Crippen molar-refractivity contribution in [3.63, 3.8) is 0 Å². The second-order valence-electron chi connectivity index (χ2n) is 3.74. The molecule has 0 saturated heterocycles. The predicted molar refractivity (Wildman–Crippen MR) is 72.2 cm³/mol. The van der Waals surface area contributed by atoms with E-state index in [1.54, 1.807) is 25.4 Å². The summed E-state index contributed by atoms with van der Waals surface area (Å²) in [5.41, 5.74) is 0.467. The summed E-state index contributed by atoms with van der Waals surface area (Å²) in [4.78, 5) is 29.2. The van der Waals surface area contributed by atoms with Gasteiger partial charge in [-0.3, -0.25) is 9.59 Å². The number of rotatable bonds is 5. The van der Waals surface area contributed by atoms with E-state index in [1.807, 2.05) is 6.92 Å². The highest BCUT2D eigenvalue weighted by Gasteiger charge is 2.19. The summed E-state index contributed by atoms with van der Waals surface area (Å²) in [6, 6.07) is 3.38. The Morgan fingerprint density at radius 2 is 2.22 bits per heavy atom. The highest BCUT2D eigenvalue weighted by Crippen LogP contribution is 2.15. The van der Waals surface area contributed by atoms with Crippen molar-refractivity contribution in [2.45, 2.75) is 13.3 Å². The third-order valence-electron chi connectivity index (χ3n) is 2.38. The van der Waals surface area contributed by atoms with E-state index < -0.39 is 0 Å². The zero-order chi connectivity index (χ0) is 13.5. The van der Waals surface area contributed by atoms with Gasteiger partial charge in [0.1, 0.15) is 4.60 Å². The molecule has 1 N–H and O–H groups in total. The van der Waals surface area contributed by atoms with Crippen LogP contribution < -0.4 is 5.32 Å². The van der Waals surface area contributed by atoms with Gasteiger partial charge in [0.25, 0.3) is 5.91 Å². The van der Waals surface area contributed by atoms with Gasteiger partial charge in [-0.25, -0.2) is 4.98 Å². The first-order valence-corrected chi connectivity index (χ1v) is 6.49. The lowest BCUT2D eigenvalue weighted by molar-refractivity contribution is -0.121. The van der Waals surface area contributed by atoms with Gasteiger partial charge in [0.15, 0.2) is 0 Å². The fourth-order valence-corrected chi connectivity index (χ4v) is 1.91. The molecule has 0 bridgehead atoms. The van der Waals surface area contributed by atoms with E-state index in [0.717, 1.165) is 6.42 Å². The molecule has 98 valence electrons. The zero-order valence-corrected chi connectivity index (χ0v) is 12.0. The fraction of sp³-hybridized carbons (Fsp3) is 0.417. The molecule has 2 amide bonds. The molecule has 0 aliphatic heterocycles. The lowest BCUT2D eigenvalue weighted by Crippen LogP contribution is -2.40. The van der Waals surface area contributed by atoms with Gasteiger partial charge in [0.05, 0.1) is 12.1 Å². The van der Waals surface area contributed by atoms with Gasteiger partial charge in [-0.05, 0) is 34.5 Å². The molecule has 0 unspecified atom stereocenters. The van der Waals surface area contributed by atoms with E-state index in [0.29, 0.717) is 16.7 Å². The number of nitrogens with zero attached hydrogens (tertiary/aromatic N) is 2. The van der Waals surface area contributed by atoms with Crippen molar-refractivity contribution in [2.24, 2.45) is 0 Å². The van der Waals surface area contributed by atoms with E-state index in [9.17, 15) is 9.59 Å². The van der Waals surface area contributed by atoms with Gasteiger partial charge in [0, 0.05) is 19.8 Å². The van der Waals surface area contributed by atoms with Crippen molar-refractivity contribution in [1.82, 2.24) is 15.2 Å². The summed E-state index contributed by atoms with van der Waals surface area (Å²) in [6.45, 7) is 2.56. The number of nitrogens with one attached hydrogen (secondary N) is 1. The van der Waals surface area contributed by atoms with Gasteiger partial charge in [-0.2, -0.15) is 0 Å². The largest absolute Gasteiger partial charge is 0.358 e. The van der Waals surface area contributed by atoms with Crippen molar-refractivity contribution >= 4 is 27.7 Å². The molecule has 5 nitrogen and oxygen atoms in total. The number of hydrogen-bond donors (Lipinski definition) is 1. The number of pyridine rings is 1. The summed E-state index contributed by atoms with van der Waals surface area (Å²) in [6.07, 6.45) is 2.39. The minimum Gasteiger partial charge on any atom is -0.358 e. The number of halogens is 1. The Morgan fingerprint density at radius 1 is 1.50 bits per heavy atom. The monoisotopic (exact) mass is 313 g/mol. The second kappa shape index (κ2) is 7.10. The molecule has 1 heterocycles. The topological polar surface area (TPSA) is 62.3 Å². The van der Waals surface area contributed by atoms with Crippen molar-refractivity contribution in [2.75, 3.05) is 20.1 Å². The Balaban J connectivity index is 2.89. The molecular weight excluding hydrogens is 298 g/mol. The fourth-order valence-electron chi connectivity index (χ4n) is 1.49. The molecule has 0 aliphatic rings. The number of aromatic nitrogens is 1. The van der Waals surface area contributed by atoms with Crippen LogP contribution in [0.4, 0.5) is 0 Å². The standard InChI is InChI=1S/C12H16BrN3O2/c1-3-7-16(8-10(17)14-2)12(18)9-5-4-6-15-11(9)13/h4-6H,3,7-8H2,1-2H3,(H,14,17). The number of carbonyl (C=O) groups is 2. The summed E-state index contributed by atoms with van der Waals surface area (Å²) in [5, 5.41) is 2.51. The summed E-state index contributed by atoms with van der Waals surface area (Å²) in [5.74, 6) is -0.378. The maximum Gasteiger partial charge on any atom is 0.257 e. The van der Waals surface area contributed by atoms with Gasteiger partial charge in [0.2, 0.25) is 5.91 Å². The third-order valence-corrected chi connectivity index (χ3v) is 3.02. The van der Waals surface area contributed by atoms with Crippen molar-refractivity contribution in [3.05, 3.63) is 28.5 Å². The van der Waals surface area contributed by atoms with Crippen LogP contribution in [0, 0.1) is 0 Å². The second-order valence-corrected chi connectivity index (χ2v) is 4.49. The van der Waals surface area contributed by atoms with Gasteiger partial charge >= 0.3 is 0 Å². The van der Waals surface area contributed by atoms with E-state index in [1.165, 1.54) is 4.90 Å². The van der Waals surface area contributed by atoms with Gasteiger partial charge in [-0.15, -0.1) is 0 Å². The van der Waals surface area contributed by atoms with E-state index in [2.05, 4.69) is 26.2 Å². The summed E-state index contributed by atoms with van der Waals surface area (Å²) < 4.78 is 0.494. The van der Waals surface area contributed by atoms with Crippen molar-refractivity contribution in [1.29, 1.82) is 0 Å². The highest BCUT2D eigenvalue weighted by molar-refractivity contribution is 9.10. The third kappa shape index (κ3) is 3.80. The maximum atomic E-state index is 12.3. The minimum absolute atomic E-state index is 0.0600. The summed E-state index contributed by atoms with van der Waals surface area (Å²) in [7, 11) is 1.55. The van der Waals surface area contributed by atoms with Gasteiger partial charge < -0.3 is 10.2 Å². The lowest BCUT2D eigenvalue weighted by atomic mass is 10.2. The Bertz CT molecular complexity index is 437. The van der Waals surface area contributed by atoms with Crippen LogP contribution in [-0.4, -0.2) is 41.8 Å². The number of likely N-dealkylation sites (N-methyl/N-ethyl adjacent to an activating group) is 1. The first-order chi connectivity index (χ1) is 8.60. The molecule has 0 aromatic carbocycles. The van der Waals surface area contributed by atoms with Crippen LogP contribution in [0.3, 0.4) is 0 Å². The van der Waals surface area contributed by atoms with Crippen LogP contribution in [0.1, 0.15) is 23.7 Å². The van der Waals surface area contributed by atoms with Crippen molar-refractivity contribution in [3.8, 4) is 0 Å². The molecule has 18 heavy (non-hydrogen) atoms. The maximum absolute atomic E-state index is 12.3. The molecule has 0 spiro atoms. The van der Waals surface area contributed by atoms with E-state index in [4.69, 9.17) is 0 Å². The van der Waals surface area contributed by atoms with Crippen molar-refractivity contribution < 1.29 is 9.59 Å². The first-order valence-electron chi connectivity index (χ1n) is 5.70. The molecule has 1 rings (SSSR count). The number of carbonyl (C=O) groups excluding carboxylic acids is 2. The summed E-state index contributed by atoms with van der Waals surface area (Å²) >= 11 is 3.24. The molecule has 1 aromatic rings. The molecule has 0 aliphatic carbocycles. The molecule has 0 fully saturated rings. The average molecular weight is 314 g/mol. The highest BCUT2D eigenvalue weighted by atomic mass is 79.9. The number of amides is 2. The van der Waals surface area contributed by atoms with Gasteiger partial charge in [-0.1, -0.05) is 6.92 Å². The predicted octanol–water partition coefficient (Wildman–Crippen LogP) is 1.44. The van der Waals surface area contributed by atoms with Crippen LogP contribution in [0.15, 0.2) is 22.9 Å². The Kier molecular flexibility index (Phi) is 5.77. The van der Waals surface area contributed by atoms with E-state index >= 15 is 0 Å². The van der Waals surface area contributed by atoms with E-state index in [-0.39, 0.29) is 18.4 Å². The first kappa shape index (κ1) is 14.6. The van der Waals surface area contributed by atoms with Crippen LogP contribution in [0.2, 0.25) is 0 Å². The molecule has 0 atom stereocenters. The number of hydrogen-bond acceptors (Lipinski definition) is 3. The average Bonchev–Trinajstić information content (AvgIpc) is 2.38. The van der Waals surface area contributed by atoms with Crippen LogP contribution in [0.5, 0.6) is 0 Å². The lowest BCUT2D eigenvalue weighted by Gasteiger charge is -2.21. The Labute approximate surface area is 115 Å². The molecular formula is C12H16BrN3O2. The SMILES string of the molecule is CCCN(CC(=O)NC)C(=O)c1cccnc1Br. The van der Waals surface area contributed by atoms with Crippen LogP contribution in [-0.2, 0) is 4.79 Å². The minimum atomic E-state index is -0.194. The Morgan fingerprint density at radius 3 is 2.78 bits per heavy atom. The normalized spacial score (nSPS) is 9.94. The molecule has 0 radical (unpaired) electrons. The Hall–Kier alpha value is -1.43. The smallest absolute Gasteiger partial charge is 0.257 e. The quantitative estimate of drug-likeness (QED) is 0.837. The van der Waals surface area contributed by atoms with Crippen LogP contribution in [0.25, 0.3) is 0 Å². The molecule has 1 aromatic heterocycles. The molecule has 0 saturated carbocycles. The molecule has 6 heteroatoms. The van der Waals surface area contributed by atoms with Crippen LogP contribution >= 0.6 is 15.9 Å². The zero-order valence-electron chi connectivity index (χ0n) is 10.4.